The molecule has 30 heavy (non-hydrogen) atoms. The summed E-state index contributed by atoms with van der Waals surface area (Å²) >= 11 is 0. The Morgan fingerprint density at radius 2 is 2.10 bits per heavy atom. The Morgan fingerprint density at radius 3 is 2.73 bits per heavy atom. The highest BCUT2D eigenvalue weighted by Gasteiger charge is 2.50. The molecule has 164 valence electrons. The molecule has 0 unspecified atom stereocenters. The van der Waals surface area contributed by atoms with Crippen LogP contribution >= 0.6 is 0 Å². The van der Waals surface area contributed by atoms with Gasteiger partial charge in [0.2, 0.25) is 5.84 Å². The minimum atomic E-state index is -3.38. The number of halogens is 2. The number of nitrogens with zero attached hydrogens (tertiary/aromatic N) is 3. The van der Waals surface area contributed by atoms with Crippen LogP contribution in [-0.2, 0) is 20.2 Å². The van der Waals surface area contributed by atoms with Gasteiger partial charge in [-0.25, -0.2) is 9.59 Å². The summed E-state index contributed by atoms with van der Waals surface area (Å²) in [7, 11) is 2.65. The zero-order valence-corrected chi connectivity index (χ0v) is 17.4. The standard InChI is InChI=1S/C19H24F2N4O5/c1-18(2,3)30-16(26)22-9-12-10-25(17(27)29-12)11-6-7-14-13(8-11)19(20,21)15(23-28-5)24(14)4/h6-8,12H,9-10H2,1-5H3,(H,22,26)/t12-/m1/s1. The Hall–Kier alpha value is -3.11. The van der Waals surface area contributed by atoms with Crippen molar-refractivity contribution in [2.45, 2.75) is 38.4 Å². The third kappa shape index (κ3) is 4.10. The molecule has 0 saturated carbocycles. The first-order chi connectivity index (χ1) is 13.9. The number of amides is 2. The van der Waals surface area contributed by atoms with Crippen molar-refractivity contribution in [3.05, 3.63) is 23.8 Å². The number of carbonyl (C=O) groups is 2. The van der Waals surface area contributed by atoms with E-state index < -0.39 is 35.6 Å². The van der Waals surface area contributed by atoms with Gasteiger partial charge in [-0.2, -0.15) is 8.78 Å². The number of alkyl halides is 2. The van der Waals surface area contributed by atoms with Crippen LogP contribution in [0.1, 0.15) is 26.3 Å². The van der Waals surface area contributed by atoms with Crippen molar-refractivity contribution >= 4 is 29.4 Å². The molecule has 2 aliphatic heterocycles. The molecule has 0 aromatic heterocycles. The lowest BCUT2D eigenvalue weighted by Crippen LogP contribution is -2.38. The summed E-state index contributed by atoms with van der Waals surface area (Å²) in [5.74, 6) is -3.92. The summed E-state index contributed by atoms with van der Waals surface area (Å²) in [6.45, 7) is 5.31. The number of nitrogens with one attached hydrogen (secondary N) is 1. The highest BCUT2D eigenvalue weighted by Crippen LogP contribution is 2.46. The maximum absolute atomic E-state index is 14.8. The zero-order chi connectivity index (χ0) is 22.3. The van der Waals surface area contributed by atoms with Crippen molar-refractivity contribution in [1.29, 1.82) is 0 Å². The summed E-state index contributed by atoms with van der Waals surface area (Å²) in [6.07, 6.45) is -1.97. The molecular weight excluding hydrogens is 402 g/mol. The average Bonchev–Trinajstić information content (AvgIpc) is 3.10. The van der Waals surface area contributed by atoms with Crippen molar-refractivity contribution in [2.24, 2.45) is 5.16 Å². The largest absolute Gasteiger partial charge is 0.444 e. The molecule has 9 nitrogen and oxygen atoms in total. The van der Waals surface area contributed by atoms with Gasteiger partial charge in [0.25, 0.3) is 0 Å². The van der Waals surface area contributed by atoms with Crippen LogP contribution in [-0.4, -0.2) is 57.0 Å². The monoisotopic (exact) mass is 426 g/mol. The molecular formula is C19H24F2N4O5. The van der Waals surface area contributed by atoms with Gasteiger partial charge in [0.15, 0.2) is 0 Å². The quantitative estimate of drug-likeness (QED) is 0.744. The topological polar surface area (TPSA) is 92.7 Å². The molecule has 2 amide bonds. The normalized spacial score (nSPS) is 21.5. The van der Waals surface area contributed by atoms with E-state index in [0.717, 1.165) is 0 Å². The Morgan fingerprint density at radius 1 is 1.40 bits per heavy atom. The van der Waals surface area contributed by atoms with Crippen LogP contribution in [0.4, 0.5) is 29.7 Å². The summed E-state index contributed by atoms with van der Waals surface area (Å²) < 4.78 is 39.9. The van der Waals surface area contributed by atoms with Crippen molar-refractivity contribution in [3.63, 3.8) is 0 Å². The van der Waals surface area contributed by atoms with E-state index in [1.807, 2.05) is 0 Å². The van der Waals surface area contributed by atoms with Crippen molar-refractivity contribution in [1.82, 2.24) is 5.32 Å². The molecule has 1 fully saturated rings. The fourth-order valence-electron chi connectivity index (χ4n) is 3.24. The van der Waals surface area contributed by atoms with Crippen molar-refractivity contribution < 1.29 is 32.7 Å². The lowest BCUT2D eigenvalue weighted by molar-refractivity contribution is 0.0496. The van der Waals surface area contributed by atoms with Crippen molar-refractivity contribution in [3.8, 4) is 0 Å². The van der Waals surface area contributed by atoms with Crippen LogP contribution in [0.15, 0.2) is 23.4 Å². The number of alkyl carbamates (subject to hydrolysis) is 1. The van der Waals surface area contributed by atoms with Crippen LogP contribution in [0.5, 0.6) is 0 Å². The molecule has 0 aliphatic carbocycles. The van der Waals surface area contributed by atoms with Gasteiger partial charge in [-0.1, -0.05) is 5.16 Å². The number of likely N-dealkylation sites (N-methyl/N-ethyl adjacent to an activating group) is 1. The van der Waals surface area contributed by atoms with Gasteiger partial charge in [0.05, 0.1) is 24.3 Å². The maximum atomic E-state index is 14.8. The number of fused-ring (bicyclic) bond motifs is 1. The predicted octanol–water partition coefficient (Wildman–Crippen LogP) is 3.04. The minimum absolute atomic E-state index is 0.0334. The second kappa shape index (κ2) is 7.62. The van der Waals surface area contributed by atoms with Gasteiger partial charge >= 0.3 is 18.1 Å². The van der Waals surface area contributed by atoms with E-state index in [1.165, 1.54) is 36.1 Å². The molecule has 2 heterocycles. The molecule has 1 N–H and O–H groups in total. The molecule has 11 heteroatoms. The van der Waals surface area contributed by atoms with E-state index in [0.29, 0.717) is 0 Å². The van der Waals surface area contributed by atoms with E-state index in [9.17, 15) is 18.4 Å². The van der Waals surface area contributed by atoms with E-state index in [-0.39, 0.29) is 30.0 Å². The number of carbonyl (C=O) groups excluding carboxylic acids is 2. The lowest BCUT2D eigenvalue weighted by Gasteiger charge is -2.20. The number of ether oxygens (including phenoxy) is 2. The van der Waals surface area contributed by atoms with Crippen LogP contribution in [0.3, 0.4) is 0 Å². The first-order valence-corrected chi connectivity index (χ1v) is 9.26. The number of cyclic esters (lactones) is 1. The van der Waals surface area contributed by atoms with E-state index >= 15 is 0 Å². The van der Waals surface area contributed by atoms with Gasteiger partial charge in [-0.15, -0.1) is 0 Å². The third-order valence-corrected chi connectivity index (χ3v) is 4.51. The van der Waals surface area contributed by atoms with Crippen LogP contribution in [0.2, 0.25) is 0 Å². The number of hydrogen-bond acceptors (Lipinski definition) is 6. The predicted molar refractivity (Wildman–Crippen MR) is 105 cm³/mol. The average molecular weight is 426 g/mol. The number of rotatable bonds is 4. The number of hydrogen-bond donors (Lipinski definition) is 1. The smallest absolute Gasteiger partial charge is 0.414 e. The molecule has 1 aromatic rings. The van der Waals surface area contributed by atoms with E-state index in [2.05, 4.69) is 15.3 Å². The van der Waals surface area contributed by atoms with Gasteiger partial charge in [0.1, 0.15) is 18.8 Å². The Bertz CT molecular complexity index is 884. The first kappa shape index (κ1) is 21.6. The molecule has 0 radical (unpaired) electrons. The first-order valence-electron chi connectivity index (χ1n) is 9.26. The molecule has 1 saturated heterocycles. The summed E-state index contributed by atoms with van der Waals surface area (Å²) in [6, 6.07) is 4.26. The fraction of sp³-hybridized carbons (Fsp3) is 0.526. The van der Waals surface area contributed by atoms with Gasteiger partial charge < -0.3 is 24.5 Å². The summed E-state index contributed by atoms with van der Waals surface area (Å²) in [5.41, 5.74) is -0.432. The Balaban J connectivity index is 1.73. The second-order valence-corrected chi connectivity index (χ2v) is 7.93. The van der Waals surface area contributed by atoms with E-state index in [4.69, 9.17) is 9.47 Å². The van der Waals surface area contributed by atoms with Gasteiger partial charge in [-0.05, 0) is 39.0 Å². The van der Waals surface area contributed by atoms with Crippen molar-refractivity contribution in [2.75, 3.05) is 37.0 Å². The highest BCUT2D eigenvalue weighted by atomic mass is 19.3. The summed E-state index contributed by atoms with van der Waals surface area (Å²) in [5, 5.41) is 5.96. The lowest BCUT2D eigenvalue weighted by atomic mass is 10.1. The Labute approximate surface area is 172 Å². The minimum Gasteiger partial charge on any atom is -0.444 e. The summed E-state index contributed by atoms with van der Waals surface area (Å²) in [4.78, 5) is 31.0. The fourth-order valence-corrected chi connectivity index (χ4v) is 3.24. The molecule has 0 spiro atoms. The molecule has 1 atom stereocenters. The van der Waals surface area contributed by atoms with Crippen LogP contribution in [0, 0.1) is 0 Å². The van der Waals surface area contributed by atoms with Gasteiger partial charge in [-0.3, -0.25) is 4.90 Å². The highest BCUT2D eigenvalue weighted by molar-refractivity contribution is 6.09. The second-order valence-electron chi connectivity index (χ2n) is 7.93. The SMILES string of the molecule is CON=C1N(C)c2ccc(N3C[C@@H](CNC(=O)OC(C)(C)C)OC3=O)cc2C1(F)F. The third-order valence-electron chi connectivity index (χ3n) is 4.51. The van der Waals surface area contributed by atoms with Crippen LogP contribution < -0.4 is 15.1 Å². The molecule has 0 bridgehead atoms. The number of oxime groups is 1. The number of amidine groups is 1. The molecule has 3 rings (SSSR count). The van der Waals surface area contributed by atoms with Gasteiger partial charge in [0, 0.05) is 12.7 Å². The number of benzene rings is 1. The molecule has 1 aromatic carbocycles. The number of anilines is 2. The molecule has 2 aliphatic rings. The zero-order valence-electron chi connectivity index (χ0n) is 17.4. The Kier molecular flexibility index (Phi) is 5.48. The van der Waals surface area contributed by atoms with Crippen LogP contribution in [0.25, 0.3) is 0 Å². The van der Waals surface area contributed by atoms with E-state index in [1.54, 1.807) is 26.8 Å². The maximum Gasteiger partial charge on any atom is 0.414 e.